The van der Waals surface area contributed by atoms with Gasteiger partial charge in [-0.1, -0.05) is 25.6 Å². The largest absolute Gasteiger partial charge is 0.494 e. The van der Waals surface area contributed by atoms with E-state index in [4.69, 9.17) is 14.0 Å². The first kappa shape index (κ1) is 31.4. The van der Waals surface area contributed by atoms with Gasteiger partial charge in [0.05, 0.1) is 35.2 Å². The Morgan fingerprint density at radius 3 is 2.19 bits per heavy atom. The average molecular weight is 499 g/mol. The third-order valence-corrected chi connectivity index (χ3v) is 6.17. The molecule has 6 nitrogen and oxygen atoms in total. The molecule has 0 atom stereocenters. The maximum absolute atomic E-state index is 14.8. The van der Waals surface area contributed by atoms with E-state index < -0.39 is 18.3 Å². The van der Waals surface area contributed by atoms with E-state index in [0.29, 0.717) is 23.3 Å². The van der Waals surface area contributed by atoms with E-state index in [2.05, 4.69) is 41.2 Å². The van der Waals surface area contributed by atoms with E-state index in [9.17, 15) is 4.39 Å². The Morgan fingerprint density at radius 1 is 1.19 bits per heavy atom. The van der Waals surface area contributed by atoms with E-state index in [0.717, 1.165) is 18.8 Å². The predicted molar refractivity (Wildman–Crippen MR) is 147 cm³/mol. The number of rotatable bonds is 7. The van der Waals surface area contributed by atoms with Crippen LogP contribution in [0.5, 0.6) is 0 Å². The number of terminal acetylenes is 1. The second kappa shape index (κ2) is 13.1. The monoisotopic (exact) mass is 499 g/mol. The van der Waals surface area contributed by atoms with Crippen molar-refractivity contribution in [2.45, 2.75) is 85.2 Å². The average Bonchev–Trinajstić information content (AvgIpc) is 3.35. The molecule has 0 saturated carbocycles. The fraction of sp³-hybridized carbons (Fsp3) is 0.536. The summed E-state index contributed by atoms with van der Waals surface area (Å²) < 4.78 is 31.8. The molecule has 198 valence electrons. The smallest absolute Gasteiger partial charge is 0.399 e. The standard InChI is InChI=1S/C21H29BFN3O2.C5H12O.C2H2/c1-7-11-26(8-2)14-19-24-13-18(25-19)16-10-9-15(12-17(16)23)22-27-20(3,4)21(5,6)28-22;1-5(2,3)6-4;1-2/h8-10,12-13H,2,7,11,14H2,1,3-6H3,(H,24,25);1-4H3;1-2H. The van der Waals surface area contributed by atoms with Crippen molar-refractivity contribution in [3.63, 3.8) is 0 Å². The molecule has 3 rings (SSSR count). The quantitative estimate of drug-likeness (QED) is 0.400. The number of aromatic amines is 1. The van der Waals surface area contributed by atoms with Crippen molar-refractivity contribution in [3.05, 3.63) is 48.8 Å². The van der Waals surface area contributed by atoms with Gasteiger partial charge in [-0.05, 0) is 72.6 Å². The molecule has 1 saturated heterocycles. The Labute approximate surface area is 217 Å². The first-order valence-electron chi connectivity index (χ1n) is 12.2. The minimum atomic E-state index is -0.582. The number of methoxy groups -OCH3 is 1. The minimum Gasteiger partial charge on any atom is -0.399 e. The highest BCUT2D eigenvalue weighted by Gasteiger charge is 2.51. The van der Waals surface area contributed by atoms with E-state index in [1.54, 1.807) is 25.6 Å². The number of H-pyrrole nitrogens is 1. The highest BCUT2D eigenvalue weighted by molar-refractivity contribution is 6.62. The van der Waals surface area contributed by atoms with Crippen LogP contribution in [0, 0.1) is 18.7 Å². The fourth-order valence-electron chi connectivity index (χ4n) is 3.17. The molecule has 1 N–H and O–H groups in total. The number of nitrogens with zero attached hydrogens (tertiary/aromatic N) is 2. The first-order chi connectivity index (χ1) is 16.7. The van der Waals surface area contributed by atoms with Gasteiger partial charge < -0.3 is 23.9 Å². The lowest BCUT2D eigenvalue weighted by Gasteiger charge is -2.32. The summed E-state index contributed by atoms with van der Waals surface area (Å²) in [7, 11) is 1.13. The number of hydrogen-bond acceptors (Lipinski definition) is 5. The molecule has 36 heavy (non-hydrogen) atoms. The van der Waals surface area contributed by atoms with Crippen molar-refractivity contribution in [2.24, 2.45) is 0 Å². The molecule has 1 aliphatic heterocycles. The molecular weight excluding hydrogens is 456 g/mol. The van der Waals surface area contributed by atoms with Crippen LogP contribution in [0.15, 0.2) is 37.2 Å². The minimum absolute atomic E-state index is 0.0417. The second-order valence-electron chi connectivity index (χ2n) is 10.5. The van der Waals surface area contributed by atoms with Crippen LogP contribution in [0.1, 0.15) is 67.6 Å². The van der Waals surface area contributed by atoms with E-state index in [1.165, 1.54) is 6.07 Å². The Kier molecular flexibility index (Phi) is 11.4. The number of hydrogen-bond donors (Lipinski definition) is 1. The van der Waals surface area contributed by atoms with Gasteiger partial charge in [-0.15, -0.1) is 12.8 Å². The van der Waals surface area contributed by atoms with Crippen LogP contribution >= 0.6 is 0 Å². The zero-order valence-corrected chi connectivity index (χ0v) is 23.4. The van der Waals surface area contributed by atoms with Gasteiger partial charge in [-0.3, -0.25) is 0 Å². The van der Waals surface area contributed by atoms with Crippen molar-refractivity contribution < 1.29 is 18.4 Å². The van der Waals surface area contributed by atoms with Crippen molar-refractivity contribution >= 4 is 12.6 Å². The van der Waals surface area contributed by atoms with Crippen LogP contribution in [0.2, 0.25) is 0 Å². The summed E-state index contributed by atoms with van der Waals surface area (Å²) in [6.07, 6.45) is 12.5. The van der Waals surface area contributed by atoms with Gasteiger partial charge in [-0.25, -0.2) is 9.37 Å². The van der Waals surface area contributed by atoms with Gasteiger partial charge in [-0.2, -0.15) is 0 Å². The number of benzene rings is 1. The number of nitrogens with one attached hydrogen (secondary N) is 1. The summed E-state index contributed by atoms with van der Waals surface area (Å²) >= 11 is 0. The topological polar surface area (TPSA) is 59.6 Å². The molecule has 0 amide bonds. The molecule has 1 aromatic carbocycles. The van der Waals surface area contributed by atoms with Crippen molar-refractivity contribution in [2.75, 3.05) is 13.7 Å². The molecule has 1 fully saturated rings. The molecule has 2 aromatic rings. The molecule has 1 aromatic heterocycles. The van der Waals surface area contributed by atoms with Gasteiger partial charge >= 0.3 is 7.12 Å². The Balaban J connectivity index is 0.000000710. The van der Waals surface area contributed by atoms with Crippen LogP contribution in [-0.2, 0) is 20.6 Å². The molecule has 0 unspecified atom stereocenters. The lowest BCUT2D eigenvalue weighted by atomic mass is 9.78. The van der Waals surface area contributed by atoms with E-state index in [-0.39, 0.29) is 11.4 Å². The third kappa shape index (κ3) is 8.51. The number of aromatic nitrogens is 2. The summed E-state index contributed by atoms with van der Waals surface area (Å²) in [5, 5.41) is 0. The van der Waals surface area contributed by atoms with Crippen LogP contribution in [0.3, 0.4) is 0 Å². The van der Waals surface area contributed by atoms with Gasteiger partial charge in [0.2, 0.25) is 0 Å². The zero-order valence-electron chi connectivity index (χ0n) is 23.4. The molecule has 0 bridgehead atoms. The third-order valence-electron chi connectivity index (χ3n) is 6.17. The highest BCUT2D eigenvalue weighted by Crippen LogP contribution is 2.36. The van der Waals surface area contributed by atoms with Gasteiger partial charge in [0.25, 0.3) is 0 Å². The van der Waals surface area contributed by atoms with Crippen LogP contribution in [0.25, 0.3) is 11.3 Å². The van der Waals surface area contributed by atoms with Crippen molar-refractivity contribution in [3.8, 4) is 24.1 Å². The van der Waals surface area contributed by atoms with E-state index >= 15 is 0 Å². The Hall–Kier alpha value is -2.60. The van der Waals surface area contributed by atoms with Crippen LogP contribution in [-0.4, -0.2) is 52.4 Å². The summed E-state index contributed by atoms with van der Waals surface area (Å²) in [5.74, 6) is 0.439. The second-order valence-corrected chi connectivity index (χ2v) is 10.5. The zero-order chi connectivity index (χ0) is 27.7. The summed E-state index contributed by atoms with van der Waals surface area (Å²) in [5.41, 5.74) is 0.912. The molecule has 0 radical (unpaired) electrons. The van der Waals surface area contributed by atoms with Gasteiger partial charge in [0.1, 0.15) is 11.6 Å². The van der Waals surface area contributed by atoms with Crippen LogP contribution < -0.4 is 5.46 Å². The molecule has 2 heterocycles. The SMILES string of the molecule is C#C.C=CN(CCC)Cc1ncc(-c2ccc(B3OC(C)(C)C(C)(C)O3)cc2F)[nH]1.COC(C)(C)C. The number of ether oxygens (including phenoxy) is 1. The number of halogens is 1. The van der Waals surface area contributed by atoms with E-state index in [1.807, 2.05) is 54.5 Å². The molecule has 8 heteroatoms. The van der Waals surface area contributed by atoms with Gasteiger partial charge in [0.15, 0.2) is 0 Å². The molecule has 0 aliphatic carbocycles. The Morgan fingerprint density at radius 2 is 1.75 bits per heavy atom. The lowest BCUT2D eigenvalue weighted by molar-refractivity contribution is 0.00578. The first-order valence-corrected chi connectivity index (χ1v) is 12.2. The molecular formula is C28H43BFN3O3. The summed E-state index contributed by atoms with van der Waals surface area (Å²) in [6, 6.07) is 5.06. The van der Waals surface area contributed by atoms with Crippen LogP contribution in [0.4, 0.5) is 4.39 Å². The lowest BCUT2D eigenvalue weighted by Crippen LogP contribution is -2.41. The van der Waals surface area contributed by atoms with Crippen molar-refractivity contribution in [1.29, 1.82) is 0 Å². The maximum atomic E-state index is 14.8. The normalized spacial score (nSPS) is 15.8. The molecule has 0 spiro atoms. The predicted octanol–water partition coefficient (Wildman–Crippen LogP) is 5.55. The Bertz CT molecular complexity index is 979. The highest BCUT2D eigenvalue weighted by atomic mass is 19.1. The molecule has 1 aliphatic rings. The maximum Gasteiger partial charge on any atom is 0.494 e. The summed E-state index contributed by atoms with van der Waals surface area (Å²) in [6.45, 7) is 21.4. The summed E-state index contributed by atoms with van der Waals surface area (Å²) in [4.78, 5) is 9.66. The fourth-order valence-corrected chi connectivity index (χ4v) is 3.17. The van der Waals surface area contributed by atoms with Crippen molar-refractivity contribution in [1.82, 2.24) is 14.9 Å². The number of imidazole rings is 1. The van der Waals surface area contributed by atoms with Gasteiger partial charge in [0, 0.05) is 19.2 Å².